The summed E-state index contributed by atoms with van der Waals surface area (Å²) in [6.07, 6.45) is 4.10. The van der Waals surface area contributed by atoms with Gasteiger partial charge in [0.1, 0.15) is 12.4 Å². The third kappa shape index (κ3) is 2.81. The zero-order chi connectivity index (χ0) is 13.0. The predicted octanol–water partition coefficient (Wildman–Crippen LogP) is 0.920. The van der Waals surface area contributed by atoms with Gasteiger partial charge in [0.2, 0.25) is 0 Å². The lowest BCUT2D eigenvalue weighted by Gasteiger charge is -2.01. The lowest BCUT2D eigenvalue weighted by atomic mass is 10.1. The van der Waals surface area contributed by atoms with Crippen LogP contribution in [-0.4, -0.2) is 27.6 Å². The number of hydrogen-bond donors (Lipinski definition) is 2. The number of carbonyl (C=O) groups excluding carboxylic acids is 1. The van der Waals surface area contributed by atoms with E-state index < -0.39 is 5.97 Å². The Morgan fingerprint density at radius 2 is 2.29 bits per heavy atom. The highest BCUT2D eigenvalue weighted by atomic mass is 16.4. The molecule has 17 heavy (non-hydrogen) atoms. The molecule has 0 spiro atoms. The summed E-state index contributed by atoms with van der Waals surface area (Å²) in [4.78, 5) is 25.8. The van der Waals surface area contributed by atoms with Gasteiger partial charge in [0.15, 0.2) is 5.78 Å². The van der Waals surface area contributed by atoms with Crippen LogP contribution in [0.25, 0.3) is 0 Å². The van der Waals surface area contributed by atoms with E-state index in [2.05, 4.69) is 11.6 Å². The summed E-state index contributed by atoms with van der Waals surface area (Å²) in [5.74, 6) is -1.04. The first kappa shape index (κ1) is 12.7. The second kappa shape index (κ2) is 5.11. The van der Waals surface area contributed by atoms with E-state index in [1.807, 2.05) is 0 Å². The van der Waals surface area contributed by atoms with Crippen molar-refractivity contribution in [2.24, 2.45) is 4.99 Å². The van der Waals surface area contributed by atoms with Crippen molar-refractivity contribution in [3.05, 3.63) is 30.1 Å². The number of nitrogens with zero attached hydrogens (tertiary/aromatic N) is 2. The van der Waals surface area contributed by atoms with Crippen LogP contribution in [-0.2, 0) is 11.3 Å². The zero-order valence-electron chi connectivity index (χ0n) is 9.38. The van der Waals surface area contributed by atoms with Crippen LogP contribution in [0.2, 0.25) is 0 Å². The van der Waals surface area contributed by atoms with E-state index in [4.69, 9.17) is 10.8 Å². The second-order valence-electron chi connectivity index (χ2n) is 3.38. The van der Waals surface area contributed by atoms with Gasteiger partial charge in [0, 0.05) is 29.7 Å². The molecule has 6 nitrogen and oxygen atoms in total. The zero-order valence-corrected chi connectivity index (χ0v) is 9.38. The van der Waals surface area contributed by atoms with E-state index in [1.165, 1.54) is 30.1 Å². The predicted molar refractivity (Wildman–Crippen MR) is 64.3 cm³/mol. The molecule has 1 heterocycles. The summed E-state index contributed by atoms with van der Waals surface area (Å²) >= 11 is 0. The average Bonchev–Trinajstić information content (AvgIpc) is 2.53. The molecule has 90 valence electrons. The third-order valence-corrected chi connectivity index (χ3v) is 2.15. The van der Waals surface area contributed by atoms with Crippen molar-refractivity contribution in [3.63, 3.8) is 0 Å². The van der Waals surface area contributed by atoms with E-state index in [0.717, 1.165) is 0 Å². The molecule has 6 heteroatoms. The van der Waals surface area contributed by atoms with Crippen molar-refractivity contribution in [1.29, 1.82) is 0 Å². The van der Waals surface area contributed by atoms with Gasteiger partial charge in [-0.1, -0.05) is 6.58 Å². The summed E-state index contributed by atoms with van der Waals surface area (Å²) in [5, 5.41) is 8.70. The maximum atomic E-state index is 11.4. The van der Waals surface area contributed by atoms with Gasteiger partial charge in [0.05, 0.1) is 0 Å². The topological polar surface area (TPSA) is 97.7 Å². The molecule has 0 aliphatic heterocycles. The maximum absolute atomic E-state index is 11.4. The van der Waals surface area contributed by atoms with Gasteiger partial charge in [-0.15, -0.1) is 0 Å². The molecule has 0 bridgehead atoms. The van der Waals surface area contributed by atoms with E-state index in [0.29, 0.717) is 11.1 Å². The quantitative estimate of drug-likeness (QED) is 0.585. The van der Waals surface area contributed by atoms with Crippen LogP contribution in [0.4, 0.5) is 5.82 Å². The third-order valence-electron chi connectivity index (χ3n) is 2.15. The molecule has 0 aliphatic rings. The van der Waals surface area contributed by atoms with Gasteiger partial charge in [0.25, 0.3) is 0 Å². The van der Waals surface area contributed by atoms with Crippen LogP contribution in [0.3, 0.4) is 0 Å². The molecular weight excluding hydrogens is 222 g/mol. The number of nitrogens with two attached hydrogens (primary N) is 1. The monoisotopic (exact) mass is 235 g/mol. The summed E-state index contributed by atoms with van der Waals surface area (Å²) in [7, 11) is 0. The number of Topliss-reactive ketones (excluding diaryl/α,β-unsaturated/α-hetero) is 1. The van der Waals surface area contributed by atoms with Gasteiger partial charge >= 0.3 is 5.97 Å². The highest BCUT2D eigenvalue weighted by Crippen LogP contribution is 2.19. The largest absolute Gasteiger partial charge is 0.480 e. The molecule has 1 aromatic heterocycles. The first-order valence-electron chi connectivity index (χ1n) is 4.82. The number of rotatable bonds is 5. The van der Waals surface area contributed by atoms with Crippen LogP contribution in [0.5, 0.6) is 0 Å². The number of aliphatic imine (C=N–C) groups is 1. The summed E-state index contributed by atoms with van der Waals surface area (Å²) < 4.78 is 1.30. The molecule has 0 saturated heterocycles. The van der Waals surface area contributed by atoms with Crippen LogP contribution in [0.1, 0.15) is 22.8 Å². The Kier molecular flexibility index (Phi) is 3.82. The van der Waals surface area contributed by atoms with Crippen molar-refractivity contribution < 1.29 is 14.7 Å². The number of aromatic nitrogens is 1. The van der Waals surface area contributed by atoms with Crippen LogP contribution in [0, 0.1) is 0 Å². The van der Waals surface area contributed by atoms with Crippen LogP contribution >= 0.6 is 0 Å². The molecule has 3 N–H and O–H groups in total. The molecule has 0 radical (unpaired) electrons. The van der Waals surface area contributed by atoms with Gasteiger partial charge in [-0.25, -0.2) is 0 Å². The number of ketones is 1. The van der Waals surface area contributed by atoms with E-state index in [9.17, 15) is 9.59 Å². The lowest BCUT2D eigenvalue weighted by Crippen LogP contribution is -2.10. The van der Waals surface area contributed by atoms with Gasteiger partial charge in [-0.2, -0.15) is 0 Å². The Hall–Kier alpha value is -2.37. The number of carboxylic acids is 1. The van der Waals surface area contributed by atoms with Crippen molar-refractivity contribution in [2.45, 2.75) is 13.5 Å². The van der Waals surface area contributed by atoms with E-state index in [1.54, 1.807) is 0 Å². The smallest absolute Gasteiger partial charge is 0.323 e. The fourth-order valence-electron chi connectivity index (χ4n) is 1.41. The molecule has 0 saturated carbocycles. The summed E-state index contributed by atoms with van der Waals surface area (Å²) in [5.41, 5.74) is 6.51. The van der Waals surface area contributed by atoms with Gasteiger partial charge < -0.3 is 15.4 Å². The van der Waals surface area contributed by atoms with E-state index >= 15 is 0 Å². The maximum Gasteiger partial charge on any atom is 0.323 e. The standard InChI is InChI=1S/C11H13N3O3/c1-3-13-4-8-9(7(2)15)5-14(11(8)12)6-10(16)17/h3-5H,1,6,12H2,2H3,(H,16,17). The fraction of sp³-hybridized carbons (Fsp3) is 0.182. The van der Waals surface area contributed by atoms with Crippen molar-refractivity contribution in [2.75, 3.05) is 5.73 Å². The Morgan fingerprint density at radius 1 is 1.65 bits per heavy atom. The second-order valence-corrected chi connectivity index (χ2v) is 3.38. The molecule has 0 aromatic carbocycles. The lowest BCUT2D eigenvalue weighted by molar-refractivity contribution is -0.137. The SMILES string of the molecule is C=CN=Cc1c(C(C)=O)cn(CC(=O)O)c1N. The molecule has 1 aromatic rings. The Morgan fingerprint density at radius 3 is 2.76 bits per heavy atom. The molecular formula is C11H13N3O3. The fourth-order valence-corrected chi connectivity index (χ4v) is 1.41. The number of carboxylic acid groups (broad SMARTS) is 1. The number of carbonyl (C=O) groups is 2. The van der Waals surface area contributed by atoms with Gasteiger partial charge in [-0.3, -0.25) is 14.6 Å². The number of hydrogen-bond acceptors (Lipinski definition) is 4. The first-order valence-corrected chi connectivity index (χ1v) is 4.82. The van der Waals surface area contributed by atoms with E-state index in [-0.39, 0.29) is 18.1 Å². The Balaban J connectivity index is 3.29. The molecule has 0 amide bonds. The van der Waals surface area contributed by atoms with Crippen LogP contribution < -0.4 is 5.73 Å². The van der Waals surface area contributed by atoms with Crippen molar-refractivity contribution >= 4 is 23.8 Å². The normalized spacial score (nSPS) is 10.6. The minimum atomic E-state index is -1.03. The van der Waals surface area contributed by atoms with Crippen molar-refractivity contribution in [3.8, 4) is 0 Å². The minimum absolute atomic E-state index is 0.197. The number of nitrogen functional groups attached to an aromatic ring is 1. The molecule has 0 unspecified atom stereocenters. The molecule has 0 aliphatic carbocycles. The number of aliphatic carboxylic acids is 1. The Bertz CT molecular complexity index is 500. The molecule has 0 atom stereocenters. The van der Waals surface area contributed by atoms with Gasteiger partial charge in [-0.05, 0) is 6.92 Å². The summed E-state index contributed by atoms with van der Waals surface area (Å²) in [6.45, 7) is 4.49. The first-order chi connectivity index (χ1) is 7.97. The highest BCUT2D eigenvalue weighted by Gasteiger charge is 2.16. The van der Waals surface area contributed by atoms with Crippen molar-refractivity contribution in [1.82, 2.24) is 4.57 Å². The Labute approximate surface area is 98.1 Å². The minimum Gasteiger partial charge on any atom is -0.480 e. The average molecular weight is 235 g/mol. The molecule has 1 rings (SSSR count). The molecule has 0 fully saturated rings. The number of anilines is 1. The summed E-state index contributed by atoms with van der Waals surface area (Å²) in [6, 6.07) is 0. The van der Waals surface area contributed by atoms with Crippen LogP contribution in [0.15, 0.2) is 24.0 Å². The highest BCUT2D eigenvalue weighted by molar-refractivity contribution is 6.05.